The lowest BCUT2D eigenvalue weighted by atomic mass is 10.2. The van der Waals surface area contributed by atoms with Crippen LogP contribution in [0.1, 0.15) is 30.1 Å². The molecule has 1 aromatic carbocycles. The van der Waals surface area contributed by atoms with Gasteiger partial charge in [-0.1, -0.05) is 13.3 Å². The average Bonchev–Trinajstić information content (AvgIpc) is 2.48. The first-order valence-electron chi connectivity index (χ1n) is 7.11. The topological polar surface area (TPSA) is 62.2 Å². The molecule has 0 N–H and O–H groups in total. The van der Waals surface area contributed by atoms with Crippen molar-refractivity contribution >= 4 is 11.7 Å². The van der Waals surface area contributed by atoms with Crippen molar-refractivity contribution in [3.63, 3.8) is 0 Å². The van der Waals surface area contributed by atoms with Crippen LogP contribution in [0.2, 0.25) is 0 Å². The summed E-state index contributed by atoms with van der Waals surface area (Å²) in [6.07, 6.45) is 1.88. The van der Waals surface area contributed by atoms with E-state index in [2.05, 4.69) is 12.2 Å². The number of nitroso groups, excluding NO2 is 1. The molecule has 1 aromatic rings. The quantitative estimate of drug-likeness (QED) is 0.398. The molecule has 0 aliphatic heterocycles. The molecule has 0 saturated carbocycles. The molecule has 1 rings (SSSR count). The van der Waals surface area contributed by atoms with Crippen molar-refractivity contribution < 1.29 is 9.53 Å². The summed E-state index contributed by atoms with van der Waals surface area (Å²) >= 11 is 0. The van der Waals surface area contributed by atoms with Crippen LogP contribution in [0.15, 0.2) is 29.6 Å². The minimum Gasteiger partial charge on any atom is -0.461 e. The van der Waals surface area contributed by atoms with Gasteiger partial charge in [-0.15, -0.1) is 4.91 Å². The highest BCUT2D eigenvalue weighted by Gasteiger charge is 2.10. The molecule has 0 heterocycles. The van der Waals surface area contributed by atoms with E-state index in [4.69, 9.17) is 4.74 Å². The Morgan fingerprint density at radius 1 is 1.19 bits per heavy atom. The minimum absolute atomic E-state index is 0.353. The van der Waals surface area contributed by atoms with Crippen LogP contribution in [0, 0.1) is 4.91 Å². The van der Waals surface area contributed by atoms with Crippen molar-refractivity contribution in [2.45, 2.75) is 19.8 Å². The van der Waals surface area contributed by atoms with Crippen LogP contribution in [0.25, 0.3) is 0 Å². The van der Waals surface area contributed by atoms with E-state index in [-0.39, 0.29) is 5.97 Å². The number of benzene rings is 1. The van der Waals surface area contributed by atoms with E-state index in [0.717, 1.165) is 12.8 Å². The summed E-state index contributed by atoms with van der Waals surface area (Å²) in [4.78, 5) is 24.6. The van der Waals surface area contributed by atoms with Crippen molar-refractivity contribution in [1.82, 2.24) is 4.90 Å². The van der Waals surface area contributed by atoms with Crippen LogP contribution in [0.3, 0.4) is 0 Å². The molecule has 0 saturated heterocycles. The fourth-order valence-corrected chi connectivity index (χ4v) is 1.70. The highest BCUT2D eigenvalue weighted by atomic mass is 16.5. The molecule has 6 heteroatoms. The minimum atomic E-state index is -0.359. The predicted octanol–water partition coefficient (Wildman–Crippen LogP) is 2.69. The average molecular weight is 293 g/mol. The molecule has 0 fully saturated rings. The molecule has 116 valence electrons. The fourth-order valence-electron chi connectivity index (χ4n) is 1.70. The summed E-state index contributed by atoms with van der Waals surface area (Å²) in [5.74, 6) is -0.359. The van der Waals surface area contributed by atoms with Gasteiger partial charge < -0.3 is 9.64 Å². The van der Waals surface area contributed by atoms with Crippen LogP contribution in [0.5, 0.6) is 0 Å². The zero-order chi connectivity index (χ0) is 15.7. The third-order valence-electron chi connectivity index (χ3n) is 2.99. The maximum atomic E-state index is 11.8. The lowest BCUT2D eigenvalue weighted by molar-refractivity contribution is 0.0482. The number of carbonyl (C=O) groups is 1. The fraction of sp³-hybridized carbons (Fsp3) is 0.533. The summed E-state index contributed by atoms with van der Waals surface area (Å²) in [6.45, 7) is 3.66. The lowest BCUT2D eigenvalue weighted by Gasteiger charge is -2.15. The van der Waals surface area contributed by atoms with Crippen molar-refractivity contribution in [1.29, 1.82) is 0 Å². The standard InChI is InChI=1S/C15H23N3O3/c1-4-5-10-18(16-20)14-8-6-13(7-9-14)15(19)21-12-11-17(2)3/h6-9H,4-5,10-12H2,1-3H3. The highest BCUT2D eigenvalue weighted by molar-refractivity contribution is 5.89. The number of rotatable bonds is 9. The van der Waals surface area contributed by atoms with Gasteiger partial charge in [0.1, 0.15) is 6.61 Å². The second-order valence-corrected chi connectivity index (χ2v) is 5.04. The zero-order valence-corrected chi connectivity index (χ0v) is 12.9. The Hall–Kier alpha value is -1.95. The molecular weight excluding hydrogens is 270 g/mol. The van der Waals surface area contributed by atoms with Gasteiger partial charge in [-0.2, -0.15) is 0 Å². The van der Waals surface area contributed by atoms with Gasteiger partial charge in [-0.3, -0.25) is 0 Å². The van der Waals surface area contributed by atoms with E-state index in [1.165, 1.54) is 5.01 Å². The van der Waals surface area contributed by atoms with Crippen molar-refractivity contribution in [3.8, 4) is 0 Å². The van der Waals surface area contributed by atoms with Gasteiger partial charge in [0.05, 0.1) is 16.5 Å². The number of unbranched alkanes of at least 4 members (excludes halogenated alkanes) is 1. The molecule has 6 nitrogen and oxygen atoms in total. The third-order valence-corrected chi connectivity index (χ3v) is 2.99. The van der Waals surface area contributed by atoms with Gasteiger partial charge in [0.2, 0.25) is 0 Å². The Labute approximate surface area is 125 Å². The molecule has 0 aliphatic carbocycles. The van der Waals surface area contributed by atoms with Gasteiger partial charge in [0.15, 0.2) is 0 Å². The van der Waals surface area contributed by atoms with Gasteiger partial charge in [-0.25, -0.2) is 9.80 Å². The van der Waals surface area contributed by atoms with Gasteiger partial charge in [0.25, 0.3) is 0 Å². The molecule has 0 spiro atoms. The van der Waals surface area contributed by atoms with Crippen LogP contribution < -0.4 is 5.01 Å². The zero-order valence-electron chi connectivity index (χ0n) is 12.9. The molecule has 0 bridgehead atoms. The second kappa shape index (κ2) is 9.07. The number of anilines is 1. The van der Waals surface area contributed by atoms with E-state index in [9.17, 15) is 9.70 Å². The SMILES string of the molecule is CCCCN(N=O)c1ccc(C(=O)OCCN(C)C)cc1. The van der Waals surface area contributed by atoms with Crippen molar-refractivity contribution in [2.75, 3.05) is 38.8 Å². The van der Waals surface area contributed by atoms with Gasteiger partial charge >= 0.3 is 5.97 Å². The maximum Gasteiger partial charge on any atom is 0.338 e. The summed E-state index contributed by atoms with van der Waals surface area (Å²) < 4.78 is 5.15. The molecule has 21 heavy (non-hydrogen) atoms. The number of nitrogens with zero attached hydrogens (tertiary/aromatic N) is 3. The molecule has 0 amide bonds. The molecule has 0 aromatic heterocycles. The number of hydrogen-bond acceptors (Lipinski definition) is 5. The van der Waals surface area contributed by atoms with Crippen molar-refractivity contribution in [3.05, 3.63) is 34.7 Å². The Morgan fingerprint density at radius 2 is 1.86 bits per heavy atom. The van der Waals surface area contributed by atoms with Crippen LogP contribution >= 0.6 is 0 Å². The van der Waals surface area contributed by atoms with Crippen LogP contribution in [-0.4, -0.2) is 44.7 Å². The van der Waals surface area contributed by atoms with E-state index in [1.54, 1.807) is 24.3 Å². The van der Waals surface area contributed by atoms with E-state index in [0.29, 0.717) is 30.9 Å². The summed E-state index contributed by atoms with van der Waals surface area (Å²) in [5.41, 5.74) is 1.15. The van der Waals surface area contributed by atoms with Crippen molar-refractivity contribution in [2.24, 2.45) is 5.29 Å². The lowest BCUT2D eigenvalue weighted by Crippen LogP contribution is -2.20. The number of likely N-dealkylation sites (N-methyl/N-ethyl adjacent to an activating group) is 1. The summed E-state index contributed by atoms with van der Waals surface area (Å²) in [5, 5.41) is 4.39. The molecule has 0 unspecified atom stereocenters. The van der Waals surface area contributed by atoms with Crippen LogP contribution in [-0.2, 0) is 4.74 Å². The highest BCUT2D eigenvalue weighted by Crippen LogP contribution is 2.17. The third kappa shape index (κ3) is 5.91. The number of esters is 1. The Balaban J connectivity index is 2.59. The number of ether oxygens (including phenoxy) is 1. The molecule has 0 radical (unpaired) electrons. The first-order chi connectivity index (χ1) is 10.1. The predicted molar refractivity (Wildman–Crippen MR) is 83.3 cm³/mol. The van der Waals surface area contributed by atoms with E-state index in [1.807, 2.05) is 19.0 Å². The van der Waals surface area contributed by atoms with Gasteiger partial charge in [-0.05, 0) is 44.8 Å². The monoisotopic (exact) mass is 293 g/mol. The second-order valence-electron chi connectivity index (χ2n) is 5.04. The summed E-state index contributed by atoms with van der Waals surface area (Å²) in [6, 6.07) is 6.72. The summed E-state index contributed by atoms with van der Waals surface area (Å²) in [7, 11) is 3.83. The number of hydrogen-bond donors (Lipinski definition) is 0. The largest absolute Gasteiger partial charge is 0.461 e. The molecule has 0 atom stereocenters. The normalized spacial score (nSPS) is 10.5. The first-order valence-corrected chi connectivity index (χ1v) is 7.11. The molecular formula is C15H23N3O3. The van der Waals surface area contributed by atoms with Crippen LogP contribution in [0.4, 0.5) is 5.69 Å². The Kier molecular flexibility index (Phi) is 7.39. The van der Waals surface area contributed by atoms with Gasteiger partial charge in [0, 0.05) is 13.1 Å². The molecule has 0 aliphatic rings. The maximum absolute atomic E-state index is 11.8. The van der Waals surface area contributed by atoms with E-state index >= 15 is 0 Å². The Morgan fingerprint density at radius 3 is 2.38 bits per heavy atom. The smallest absolute Gasteiger partial charge is 0.338 e. The van der Waals surface area contributed by atoms with E-state index < -0.39 is 0 Å². The first kappa shape index (κ1) is 17.1. The Bertz CT molecular complexity index is 446. The number of carbonyl (C=O) groups excluding carboxylic acids is 1.